The maximum Gasteiger partial charge on any atom is 0.323 e. The number of hydrogen-bond acceptors (Lipinski definition) is 6. The molecule has 0 spiro atoms. The van der Waals surface area contributed by atoms with E-state index in [1.165, 1.54) is 19.3 Å². The molecular weight excluding hydrogens is 242 g/mol. The van der Waals surface area contributed by atoms with Crippen molar-refractivity contribution in [3.63, 3.8) is 0 Å². The lowest BCUT2D eigenvalue weighted by atomic mass is 9.96. The van der Waals surface area contributed by atoms with Gasteiger partial charge in [0.05, 0.1) is 6.61 Å². The smallest absolute Gasteiger partial charge is 0.323 e. The lowest BCUT2D eigenvalue weighted by Crippen LogP contribution is -2.36. The molecule has 0 bridgehead atoms. The molecule has 1 aromatic heterocycles. The molecule has 0 aliphatic carbocycles. The molecule has 2 rings (SSSR count). The van der Waals surface area contributed by atoms with Crippen molar-refractivity contribution in [2.45, 2.75) is 39.5 Å². The Hall–Kier alpha value is -1.59. The first kappa shape index (κ1) is 13.8. The Kier molecular flexibility index (Phi) is 4.76. The fourth-order valence-corrected chi connectivity index (χ4v) is 2.34. The SMILES string of the molecule is CCCOc1nc(N)nc(N2CCCC(CC)C2)n1. The van der Waals surface area contributed by atoms with Crippen LogP contribution in [0.2, 0.25) is 0 Å². The van der Waals surface area contributed by atoms with Crippen LogP contribution in [-0.2, 0) is 0 Å². The zero-order valence-electron chi connectivity index (χ0n) is 11.8. The maximum atomic E-state index is 5.74. The van der Waals surface area contributed by atoms with Gasteiger partial charge in [-0.25, -0.2) is 0 Å². The van der Waals surface area contributed by atoms with Gasteiger partial charge in [0.25, 0.3) is 0 Å². The maximum absolute atomic E-state index is 5.74. The zero-order valence-corrected chi connectivity index (χ0v) is 11.8. The van der Waals surface area contributed by atoms with Crippen LogP contribution in [0.15, 0.2) is 0 Å². The molecule has 1 fully saturated rings. The minimum absolute atomic E-state index is 0.231. The van der Waals surface area contributed by atoms with E-state index < -0.39 is 0 Å². The first-order valence-corrected chi connectivity index (χ1v) is 7.12. The molecule has 2 N–H and O–H groups in total. The van der Waals surface area contributed by atoms with Crippen LogP contribution < -0.4 is 15.4 Å². The summed E-state index contributed by atoms with van der Waals surface area (Å²) >= 11 is 0. The Morgan fingerprint density at radius 1 is 1.32 bits per heavy atom. The topological polar surface area (TPSA) is 77.2 Å². The third kappa shape index (κ3) is 3.68. The van der Waals surface area contributed by atoms with E-state index in [2.05, 4.69) is 26.8 Å². The molecule has 1 aliphatic rings. The molecule has 1 aliphatic heterocycles. The highest BCUT2D eigenvalue weighted by atomic mass is 16.5. The van der Waals surface area contributed by atoms with E-state index in [-0.39, 0.29) is 5.95 Å². The monoisotopic (exact) mass is 265 g/mol. The average molecular weight is 265 g/mol. The highest BCUT2D eigenvalue weighted by Gasteiger charge is 2.21. The Balaban J connectivity index is 2.11. The van der Waals surface area contributed by atoms with E-state index in [1.54, 1.807) is 0 Å². The Morgan fingerprint density at radius 3 is 2.89 bits per heavy atom. The summed E-state index contributed by atoms with van der Waals surface area (Å²) in [5, 5.41) is 0. The van der Waals surface area contributed by atoms with Gasteiger partial charge in [0.1, 0.15) is 0 Å². The Bertz CT molecular complexity index is 412. The fourth-order valence-electron chi connectivity index (χ4n) is 2.34. The van der Waals surface area contributed by atoms with Crippen molar-refractivity contribution in [1.82, 2.24) is 15.0 Å². The largest absolute Gasteiger partial charge is 0.463 e. The number of ether oxygens (including phenoxy) is 1. The van der Waals surface area contributed by atoms with Crippen LogP contribution in [0.1, 0.15) is 39.5 Å². The van der Waals surface area contributed by atoms with Crippen molar-refractivity contribution in [1.29, 1.82) is 0 Å². The number of hydrogen-bond donors (Lipinski definition) is 1. The van der Waals surface area contributed by atoms with Crippen LogP contribution in [0.3, 0.4) is 0 Å². The summed E-state index contributed by atoms with van der Waals surface area (Å²) in [5.74, 6) is 1.60. The summed E-state index contributed by atoms with van der Waals surface area (Å²) in [4.78, 5) is 14.8. The van der Waals surface area contributed by atoms with Crippen molar-refractivity contribution in [3.05, 3.63) is 0 Å². The molecule has 0 radical (unpaired) electrons. The second-order valence-corrected chi connectivity index (χ2v) is 4.99. The van der Waals surface area contributed by atoms with Crippen molar-refractivity contribution in [2.24, 2.45) is 5.92 Å². The minimum Gasteiger partial charge on any atom is -0.463 e. The molecule has 6 heteroatoms. The second-order valence-electron chi connectivity index (χ2n) is 4.99. The Morgan fingerprint density at radius 2 is 2.16 bits per heavy atom. The lowest BCUT2D eigenvalue weighted by Gasteiger charge is -2.32. The van der Waals surface area contributed by atoms with Crippen molar-refractivity contribution in [2.75, 3.05) is 30.3 Å². The zero-order chi connectivity index (χ0) is 13.7. The number of nitrogen functional groups attached to an aromatic ring is 1. The molecule has 6 nitrogen and oxygen atoms in total. The van der Waals surface area contributed by atoms with Gasteiger partial charge in [0.2, 0.25) is 11.9 Å². The summed E-state index contributed by atoms with van der Waals surface area (Å²) in [6.07, 6.45) is 4.57. The van der Waals surface area contributed by atoms with E-state index in [1.807, 2.05) is 6.92 Å². The van der Waals surface area contributed by atoms with Crippen LogP contribution in [0.25, 0.3) is 0 Å². The van der Waals surface area contributed by atoms with Gasteiger partial charge in [-0.05, 0) is 25.2 Å². The van der Waals surface area contributed by atoms with E-state index in [9.17, 15) is 0 Å². The summed E-state index contributed by atoms with van der Waals surface area (Å²) in [7, 11) is 0. The third-order valence-electron chi connectivity index (χ3n) is 3.43. The predicted octanol–water partition coefficient (Wildman–Crippen LogP) is 1.87. The van der Waals surface area contributed by atoms with Crippen molar-refractivity contribution in [3.8, 4) is 6.01 Å². The van der Waals surface area contributed by atoms with Gasteiger partial charge in [-0.1, -0.05) is 20.3 Å². The van der Waals surface area contributed by atoms with Crippen LogP contribution in [0.4, 0.5) is 11.9 Å². The second kappa shape index (κ2) is 6.54. The van der Waals surface area contributed by atoms with Gasteiger partial charge in [-0.15, -0.1) is 0 Å². The summed E-state index contributed by atoms with van der Waals surface area (Å²) in [5.41, 5.74) is 5.74. The highest BCUT2D eigenvalue weighted by Crippen LogP contribution is 2.23. The van der Waals surface area contributed by atoms with E-state index in [0.29, 0.717) is 24.5 Å². The summed E-state index contributed by atoms with van der Waals surface area (Å²) < 4.78 is 5.45. The predicted molar refractivity (Wildman–Crippen MR) is 75.3 cm³/mol. The molecule has 0 amide bonds. The standard InChI is InChI=1S/C13H23N5O/c1-3-8-19-13-16-11(14)15-12(17-13)18-7-5-6-10(4-2)9-18/h10H,3-9H2,1-2H3,(H2,14,15,16,17). The molecule has 1 aromatic rings. The first-order valence-electron chi connectivity index (χ1n) is 7.12. The molecule has 2 heterocycles. The summed E-state index contributed by atoms with van der Waals surface area (Å²) in [6.45, 7) is 6.84. The molecule has 1 atom stereocenters. The van der Waals surface area contributed by atoms with Gasteiger partial charge in [0, 0.05) is 13.1 Å². The van der Waals surface area contributed by atoms with Crippen LogP contribution in [0.5, 0.6) is 6.01 Å². The number of anilines is 2. The quantitative estimate of drug-likeness (QED) is 0.875. The van der Waals surface area contributed by atoms with E-state index in [4.69, 9.17) is 10.5 Å². The minimum atomic E-state index is 0.231. The van der Waals surface area contributed by atoms with Gasteiger partial charge in [0.15, 0.2) is 0 Å². The molecule has 1 unspecified atom stereocenters. The van der Waals surface area contributed by atoms with Gasteiger partial charge >= 0.3 is 6.01 Å². The number of nitrogens with two attached hydrogens (primary N) is 1. The molecule has 106 valence electrons. The van der Waals surface area contributed by atoms with Crippen LogP contribution in [0, 0.1) is 5.92 Å². The normalized spacial score (nSPS) is 19.5. The van der Waals surface area contributed by atoms with Gasteiger partial charge in [-0.3, -0.25) is 0 Å². The number of rotatable bonds is 5. The molecule has 0 saturated carbocycles. The van der Waals surface area contributed by atoms with Crippen molar-refractivity contribution >= 4 is 11.9 Å². The van der Waals surface area contributed by atoms with Crippen LogP contribution >= 0.6 is 0 Å². The summed E-state index contributed by atoms with van der Waals surface area (Å²) in [6, 6.07) is 0.336. The van der Waals surface area contributed by atoms with Crippen molar-refractivity contribution < 1.29 is 4.74 Å². The molecule has 0 aromatic carbocycles. The lowest BCUT2D eigenvalue weighted by molar-refractivity contribution is 0.291. The Labute approximate surface area is 114 Å². The molecule has 1 saturated heterocycles. The third-order valence-corrected chi connectivity index (χ3v) is 3.43. The van der Waals surface area contributed by atoms with Gasteiger partial charge < -0.3 is 15.4 Å². The average Bonchev–Trinajstić information content (AvgIpc) is 2.44. The van der Waals surface area contributed by atoms with E-state index >= 15 is 0 Å². The van der Waals surface area contributed by atoms with E-state index in [0.717, 1.165) is 19.5 Å². The highest BCUT2D eigenvalue weighted by molar-refractivity contribution is 5.36. The van der Waals surface area contributed by atoms with Crippen LogP contribution in [-0.4, -0.2) is 34.6 Å². The number of piperidine rings is 1. The fraction of sp³-hybridized carbons (Fsp3) is 0.769. The number of aromatic nitrogens is 3. The number of nitrogens with zero attached hydrogens (tertiary/aromatic N) is 4. The molecule has 19 heavy (non-hydrogen) atoms. The van der Waals surface area contributed by atoms with Gasteiger partial charge in [-0.2, -0.15) is 15.0 Å². The first-order chi connectivity index (χ1) is 9.22. The molecular formula is C13H23N5O.